The lowest BCUT2D eigenvalue weighted by atomic mass is 10.0. The van der Waals surface area contributed by atoms with Crippen LogP contribution in [0.5, 0.6) is 0 Å². The summed E-state index contributed by atoms with van der Waals surface area (Å²) in [6.45, 7) is 6.05. The molecule has 138 valence electrons. The van der Waals surface area contributed by atoms with Crippen LogP contribution in [-0.4, -0.2) is 34.6 Å². The summed E-state index contributed by atoms with van der Waals surface area (Å²) in [7, 11) is 0. The van der Waals surface area contributed by atoms with E-state index in [1.807, 2.05) is 30.5 Å². The van der Waals surface area contributed by atoms with Gasteiger partial charge < -0.3 is 21.1 Å². The maximum absolute atomic E-state index is 11.9. The van der Waals surface area contributed by atoms with Crippen LogP contribution in [0.4, 0.5) is 0 Å². The Morgan fingerprint density at radius 3 is 2.52 bits per heavy atom. The van der Waals surface area contributed by atoms with Gasteiger partial charge in [-0.15, -0.1) is 0 Å². The molecule has 1 heterocycles. The predicted molar refractivity (Wildman–Crippen MR) is 100.0 cm³/mol. The Bertz CT molecular complexity index is 679. The van der Waals surface area contributed by atoms with Crippen molar-refractivity contribution in [1.29, 1.82) is 0 Å². The minimum absolute atomic E-state index is 0.127. The molecule has 0 fully saturated rings. The first kappa shape index (κ1) is 20.7. The van der Waals surface area contributed by atoms with Crippen LogP contribution in [0.2, 0.25) is 0 Å². The molecule has 0 aliphatic rings. The molecule has 1 unspecified atom stereocenters. The number of hydrogen-bond donors (Lipinski definition) is 4. The minimum Gasteiger partial charge on any atom is -0.397 e. The molecule has 0 saturated heterocycles. The lowest BCUT2D eigenvalue weighted by Gasteiger charge is -2.15. The molecule has 1 aromatic heterocycles. The van der Waals surface area contributed by atoms with E-state index in [0.29, 0.717) is 18.8 Å². The van der Waals surface area contributed by atoms with Crippen molar-refractivity contribution in [2.24, 2.45) is 11.7 Å². The van der Waals surface area contributed by atoms with E-state index in [0.717, 1.165) is 22.9 Å². The quantitative estimate of drug-likeness (QED) is 0.616. The summed E-state index contributed by atoms with van der Waals surface area (Å²) >= 11 is 0. The molecule has 6 nitrogen and oxygen atoms in total. The molecule has 5 N–H and O–H groups in total. The second-order valence-electron chi connectivity index (χ2n) is 6.33. The van der Waals surface area contributed by atoms with Gasteiger partial charge in [0.15, 0.2) is 0 Å². The van der Waals surface area contributed by atoms with Crippen molar-refractivity contribution in [3.05, 3.63) is 36.0 Å². The number of amides is 2. The van der Waals surface area contributed by atoms with Crippen LogP contribution >= 0.6 is 0 Å². The summed E-state index contributed by atoms with van der Waals surface area (Å²) in [5, 5.41) is 11.4. The van der Waals surface area contributed by atoms with Crippen molar-refractivity contribution in [2.75, 3.05) is 6.61 Å². The number of fused-ring (bicyclic) bond motifs is 1. The van der Waals surface area contributed by atoms with E-state index in [-0.39, 0.29) is 12.5 Å². The number of aromatic amines is 1. The molecular weight excluding hydrogens is 318 g/mol. The van der Waals surface area contributed by atoms with Crippen LogP contribution in [0, 0.1) is 5.92 Å². The van der Waals surface area contributed by atoms with Crippen LogP contribution in [-0.2, 0) is 16.0 Å². The Kier molecular flexibility index (Phi) is 8.70. The van der Waals surface area contributed by atoms with Crippen molar-refractivity contribution >= 4 is 22.7 Å². The lowest BCUT2D eigenvalue weighted by molar-refractivity contribution is -0.127. The summed E-state index contributed by atoms with van der Waals surface area (Å²) in [5.41, 5.74) is 7.42. The second-order valence-corrected chi connectivity index (χ2v) is 6.33. The molecular formula is C19H29N3O3. The minimum atomic E-state index is -0.682. The summed E-state index contributed by atoms with van der Waals surface area (Å²) in [6, 6.07) is 7.17. The van der Waals surface area contributed by atoms with E-state index < -0.39 is 11.9 Å². The van der Waals surface area contributed by atoms with Crippen LogP contribution in [0.15, 0.2) is 30.5 Å². The van der Waals surface area contributed by atoms with Gasteiger partial charge in [-0.25, -0.2) is 0 Å². The Labute approximate surface area is 148 Å². The number of hydrogen-bond acceptors (Lipinski definition) is 3. The third-order valence-corrected chi connectivity index (χ3v) is 3.73. The maximum atomic E-state index is 11.9. The highest BCUT2D eigenvalue weighted by Crippen LogP contribution is 2.19. The van der Waals surface area contributed by atoms with E-state index >= 15 is 0 Å². The SMILES string of the molecule is CC(C)CCC(=O)NC(Cc1c[nH]c2ccccc12)C(N)=O.CCO. The average molecular weight is 347 g/mol. The van der Waals surface area contributed by atoms with E-state index in [9.17, 15) is 9.59 Å². The lowest BCUT2D eigenvalue weighted by Crippen LogP contribution is -2.45. The van der Waals surface area contributed by atoms with Crippen molar-refractivity contribution in [3.8, 4) is 0 Å². The molecule has 1 aromatic carbocycles. The summed E-state index contributed by atoms with van der Waals surface area (Å²) in [5.74, 6) is -0.188. The first-order valence-corrected chi connectivity index (χ1v) is 8.63. The third-order valence-electron chi connectivity index (χ3n) is 3.73. The third kappa shape index (κ3) is 6.97. The number of para-hydroxylation sites is 1. The van der Waals surface area contributed by atoms with Gasteiger partial charge in [-0.2, -0.15) is 0 Å². The van der Waals surface area contributed by atoms with Crippen molar-refractivity contribution in [1.82, 2.24) is 10.3 Å². The summed E-state index contributed by atoms with van der Waals surface area (Å²) in [4.78, 5) is 26.7. The van der Waals surface area contributed by atoms with Gasteiger partial charge in [0, 0.05) is 36.5 Å². The fourth-order valence-electron chi connectivity index (χ4n) is 2.43. The smallest absolute Gasteiger partial charge is 0.240 e. The van der Waals surface area contributed by atoms with Gasteiger partial charge in [0.05, 0.1) is 0 Å². The predicted octanol–water partition coefficient (Wildman–Crippen LogP) is 2.12. The number of rotatable bonds is 7. The van der Waals surface area contributed by atoms with Crippen LogP contribution in [0.3, 0.4) is 0 Å². The first-order chi connectivity index (χ1) is 11.9. The Hall–Kier alpha value is -2.34. The molecule has 0 radical (unpaired) electrons. The van der Waals surface area contributed by atoms with Gasteiger partial charge in [0.25, 0.3) is 0 Å². The van der Waals surface area contributed by atoms with Crippen molar-refractivity contribution in [2.45, 2.75) is 46.1 Å². The average Bonchev–Trinajstić information content (AvgIpc) is 2.96. The molecule has 2 amide bonds. The Morgan fingerprint density at radius 2 is 1.92 bits per heavy atom. The number of carbonyl (C=O) groups excluding carboxylic acids is 2. The molecule has 6 heteroatoms. The van der Waals surface area contributed by atoms with Gasteiger partial charge >= 0.3 is 0 Å². The van der Waals surface area contributed by atoms with Crippen molar-refractivity contribution < 1.29 is 14.7 Å². The molecule has 1 atom stereocenters. The molecule has 0 saturated carbocycles. The number of primary amides is 1. The van der Waals surface area contributed by atoms with Gasteiger partial charge in [0.2, 0.25) is 11.8 Å². The molecule has 0 aliphatic heterocycles. The molecule has 25 heavy (non-hydrogen) atoms. The van der Waals surface area contributed by atoms with Crippen molar-refractivity contribution in [3.63, 3.8) is 0 Å². The molecule has 2 aromatic rings. The number of benzene rings is 1. The van der Waals surface area contributed by atoms with E-state index in [1.165, 1.54) is 0 Å². The Balaban J connectivity index is 0.000000970. The van der Waals surface area contributed by atoms with Gasteiger partial charge in [-0.1, -0.05) is 32.0 Å². The number of nitrogens with two attached hydrogens (primary N) is 1. The van der Waals surface area contributed by atoms with Gasteiger partial charge in [0.1, 0.15) is 6.04 Å². The van der Waals surface area contributed by atoms with Gasteiger partial charge in [-0.05, 0) is 30.9 Å². The zero-order valence-corrected chi connectivity index (χ0v) is 15.2. The zero-order chi connectivity index (χ0) is 18.8. The normalized spacial score (nSPS) is 11.7. The van der Waals surface area contributed by atoms with Crippen LogP contribution < -0.4 is 11.1 Å². The van der Waals surface area contributed by atoms with Crippen LogP contribution in [0.1, 0.15) is 39.2 Å². The number of aliphatic hydroxyl groups is 1. The molecule has 0 spiro atoms. The molecule has 2 rings (SSSR count). The largest absolute Gasteiger partial charge is 0.397 e. The van der Waals surface area contributed by atoms with E-state index in [2.05, 4.69) is 24.1 Å². The highest BCUT2D eigenvalue weighted by molar-refractivity contribution is 5.88. The summed E-state index contributed by atoms with van der Waals surface area (Å²) < 4.78 is 0. The highest BCUT2D eigenvalue weighted by Gasteiger charge is 2.20. The number of H-pyrrole nitrogens is 1. The second kappa shape index (κ2) is 10.5. The number of aliphatic hydroxyl groups excluding tert-OH is 1. The highest BCUT2D eigenvalue weighted by atomic mass is 16.2. The zero-order valence-electron chi connectivity index (χ0n) is 15.2. The fourth-order valence-corrected chi connectivity index (χ4v) is 2.43. The van der Waals surface area contributed by atoms with E-state index in [4.69, 9.17) is 10.8 Å². The number of aromatic nitrogens is 1. The number of nitrogens with one attached hydrogen (secondary N) is 2. The molecule has 0 aliphatic carbocycles. The maximum Gasteiger partial charge on any atom is 0.240 e. The Morgan fingerprint density at radius 1 is 1.28 bits per heavy atom. The monoisotopic (exact) mass is 347 g/mol. The van der Waals surface area contributed by atoms with Crippen LogP contribution in [0.25, 0.3) is 10.9 Å². The van der Waals surface area contributed by atoms with E-state index in [1.54, 1.807) is 6.92 Å². The standard InChI is InChI=1S/C17H23N3O2.C2H6O/c1-11(2)7-8-16(21)20-15(17(18)22)9-12-10-19-14-6-4-3-5-13(12)14;1-2-3/h3-6,10-11,15,19H,7-9H2,1-2H3,(H2,18,22)(H,20,21);3H,2H2,1H3. The first-order valence-electron chi connectivity index (χ1n) is 8.63. The fraction of sp³-hybridized carbons (Fsp3) is 0.474. The number of carbonyl (C=O) groups is 2. The summed E-state index contributed by atoms with van der Waals surface area (Å²) in [6.07, 6.45) is 3.47. The topological polar surface area (TPSA) is 108 Å². The molecule has 0 bridgehead atoms. The van der Waals surface area contributed by atoms with Gasteiger partial charge in [-0.3, -0.25) is 9.59 Å².